The summed E-state index contributed by atoms with van der Waals surface area (Å²) in [5, 5.41) is 13.3. The van der Waals surface area contributed by atoms with Gasteiger partial charge in [0.25, 0.3) is 5.91 Å². The molecule has 1 saturated carbocycles. The van der Waals surface area contributed by atoms with Crippen LogP contribution in [0.1, 0.15) is 88.1 Å². The van der Waals surface area contributed by atoms with E-state index in [1.165, 1.54) is 12.0 Å². The summed E-state index contributed by atoms with van der Waals surface area (Å²) in [7, 11) is 2.08. The molecule has 2 N–H and O–H groups in total. The van der Waals surface area contributed by atoms with Crippen molar-refractivity contribution in [3.8, 4) is 5.75 Å². The predicted molar refractivity (Wildman–Crippen MR) is 173 cm³/mol. The van der Waals surface area contributed by atoms with Gasteiger partial charge in [-0.15, -0.1) is 0 Å². The molecule has 4 rings (SSSR count). The molecule has 9 nitrogen and oxygen atoms in total. The number of aliphatic hydroxyl groups is 1. The minimum absolute atomic E-state index is 0.00442. The first-order chi connectivity index (χ1) is 21.2. The highest BCUT2D eigenvalue weighted by atomic mass is 16.5. The first-order valence-corrected chi connectivity index (χ1v) is 16.5. The molecule has 1 aliphatic heterocycles. The van der Waals surface area contributed by atoms with Crippen LogP contribution < -0.4 is 10.1 Å². The van der Waals surface area contributed by atoms with E-state index >= 15 is 0 Å². The van der Waals surface area contributed by atoms with Gasteiger partial charge in [0, 0.05) is 56.2 Å². The van der Waals surface area contributed by atoms with E-state index in [4.69, 9.17) is 9.47 Å². The first kappa shape index (κ1) is 33.9. The van der Waals surface area contributed by atoms with Gasteiger partial charge in [-0.3, -0.25) is 19.5 Å². The molecule has 1 aromatic heterocycles. The number of nitrogens with one attached hydrogen (secondary N) is 1. The third-order valence-corrected chi connectivity index (χ3v) is 8.99. The number of rotatable bonds is 8. The zero-order valence-corrected chi connectivity index (χ0v) is 27.0. The standard InChI is InChI=1S/C35H52N4O5/c1-25-21-39(26(2)24-40)35(42)31-20-30(37-34(41)29-11-6-5-7-12-29)13-14-32(31)44-27(3)10-8-9-19-43-33(25)23-38(4)22-28-15-17-36-18-16-28/h13-18,20,25-27,29,33,40H,5-12,19,21-24H2,1-4H3,(H,37,41)/t25-,26-,27-,33+/m1/s1. The first-order valence-electron chi connectivity index (χ1n) is 16.5. The molecule has 44 heavy (non-hydrogen) atoms. The second-order valence-corrected chi connectivity index (χ2v) is 12.9. The second-order valence-electron chi connectivity index (χ2n) is 12.9. The SMILES string of the molecule is C[C@@H]1CCCCO[C@@H](CN(C)Cc2ccncc2)[C@H](C)CN([C@H](C)CO)C(=O)c2cc(NC(=O)C3CCCCC3)ccc2O1. The molecule has 0 saturated heterocycles. The van der Waals surface area contributed by atoms with E-state index in [-0.39, 0.29) is 42.5 Å². The summed E-state index contributed by atoms with van der Waals surface area (Å²) in [6, 6.07) is 8.99. The van der Waals surface area contributed by atoms with Crippen LogP contribution in [0, 0.1) is 11.8 Å². The van der Waals surface area contributed by atoms with Crippen molar-refractivity contribution in [2.75, 3.05) is 38.7 Å². The zero-order valence-electron chi connectivity index (χ0n) is 27.0. The van der Waals surface area contributed by atoms with E-state index in [9.17, 15) is 14.7 Å². The number of aliphatic hydroxyl groups excluding tert-OH is 1. The van der Waals surface area contributed by atoms with Crippen LogP contribution in [-0.2, 0) is 16.1 Å². The highest BCUT2D eigenvalue weighted by Crippen LogP contribution is 2.30. The van der Waals surface area contributed by atoms with Gasteiger partial charge in [0.1, 0.15) is 5.75 Å². The molecule has 2 aliphatic rings. The van der Waals surface area contributed by atoms with Crippen molar-refractivity contribution in [1.29, 1.82) is 0 Å². The molecular weight excluding hydrogens is 556 g/mol. The fraction of sp³-hybridized carbons (Fsp3) is 0.629. The second kappa shape index (κ2) is 16.9. The Morgan fingerprint density at radius 3 is 2.55 bits per heavy atom. The molecule has 4 atom stereocenters. The Morgan fingerprint density at radius 1 is 1.09 bits per heavy atom. The van der Waals surface area contributed by atoms with Crippen LogP contribution in [0.25, 0.3) is 0 Å². The number of fused-ring (bicyclic) bond motifs is 1. The highest BCUT2D eigenvalue weighted by molar-refractivity contribution is 6.00. The third-order valence-electron chi connectivity index (χ3n) is 8.99. The molecule has 1 fully saturated rings. The van der Waals surface area contributed by atoms with Crippen LogP contribution in [0.3, 0.4) is 0 Å². The maximum Gasteiger partial charge on any atom is 0.258 e. The molecule has 1 aromatic carbocycles. The third kappa shape index (κ3) is 9.74. The summed E-state index contributed by atoms with van der Waals surface area (Å²) in [6.07, 6.45) is 11.2. The van der Waals surface area contributed by atoms with Gasteiger partial charge in [-0.2, -0.15) is 0 Å². The fourth-order valence-corrected chi connectivity index (χ4v) is 6.24. The Hall–Kier alpha value is -3.01. The minimum atomic E-state index is -0.418. The molecule has 0 spiro atoms. The van der Waals surface area contributed by atoms with Crippen molar-refractivity contribution >= 4 is 17.5 Å². The van der Waals surface area contributed by atoms with Crippen molar-refractivity contribution in [1.82, 2.24) is 14.8 Å². The molecule has 2 heterocycles. The van der Waals surface area contributed by atoms with E-state index in [0.717, 1.165) is 51.5 Å². The number of hydrogen-bond acceptors (Lipinski definition) is 7. The number of likely N-dealkylation sites (N-methyl/N-ethyl adjacent to an activating group) is 1. The molecular formula is C35H52N4O5. The summed E-state index contributed by atoms with van der Waals surface area (Å²) in [5.74, 6) is 0.286. The Balaban J connectivity index is 1.59. The van der Waals surface area contributed by atoms with Crippen molar-refractivity contribution < 1.29 is 24.2 Å². The molecule has 2 aromatic rings. The van der Waals surface area contributed by atoms with Crippen molar-refractivity contribution in [3.63, 3.8) is 0 Å². The lowest BCUT2D eigenvalue weighted by molar-refractivity contribution is -0.120. The predicted octanol–water partition coefficient (Wildman–Crippen LogP) is 5.53. The summed E-state index contributed by atoms with van der Waals surface area (Å²) >= 11 is 0. The molecule has 9 heteroatoms. The van der Waals surface area contributed by atoms with E-state index in [1.807, 2.05) is 32.0 Å². The monoisotopic (exact) mass is 608 g/mol. The number of pyridine rings is 1. The summed E-state index contributed by atoms with van der Waals surface area (Å²) in [4.78, 5) is 35.5. The number of anilines is 1. The highest BCUT2D eigenvalue weighted by Gasteiger charge is 2.31. The lowest BCUT2D eigenvalue weighted by Gasteiger charge is -2.36. The average Bonchev–Trinajstić information content (AvgIpc) is 3.03. The number of nitrogens with zero attached hydrogens (tertiary/aromatic N) is 3. The van der Waals surface area contributed by atoms with E-state index < -0.39 is 6.04 Å². The largest absolute Gasteiger partial charge is 0.490 e. The maximum absolute atomic E-state index is 14.3. The smallest absolute Gasteiger partial charge is 0.258 e. The fourth-order valence-electron chi connectivity index (χ4n) is 6.24. The van der Waals surface area contributed by atoms with Crippen LogP contribution in [-0.4, -0.2) is 83.3 Å². The Kier molecular flexibility index (Phi) is 13.0. The average molecular weight is 609 g/mol. The van der Waals surface area contributed by atoms with Crippen molar-refractivity contribution in [2.45, 2.75) is 96.9 Å². The summed E-state index contributed by atoms with van der Waals surface area (Å²) in [5.41, 5.74) is 2.17. The van der Waals surface area contributed by atoms with Gasteiger partial charge in [0.2, 0.25) is 5.91 Å². The minimum Gasteiger partial charge on any atom is -0.490 e. The van der Waals surface area contributed by atoms with Gasteiger partial charge in [-0.1, -0.05) is 26.2 Å². The van der Waals surface area contributed by atoms with E-state index in [1.54, 1.807) is 29.4 Å². The number of ether oxygens (including phenoxy) is 2. The van der Waals surface area contributed by atoms with Crippen LogP contribution in [0.15, 0.2) is 42.7 Å². The van der Waals surface area contributed by atoms with Gasteiger partial charge in [0.15, 0.2) is 0 Å². The normalized spacial score (nSPS) is 23.4. The summed E-state index contributed by atoms with van der Waals surface area (Å²) in [6.45, 7) is 8.33. The number of carbonyl (C=O) groups is 2. The Bertz CT molecular complexity index is 1190. The van der Waals surface area contributed by atoms with Gasteiger partial charge >= 0.3 is 0 Å². The van der Waals surface area contributed by atoms with Crippen LogP contribution in [0.4, 0.5) is 5.69 Å². The van der Waals surface area contributed by atoms with Crippen molar-refractivity contribution in [3.05, 3.63) is 53.9 Å². The van der Waals surface area contributed by atoms with E-state index in [0.29, 0.717) is 36.7 Å². The molecule has 242 valence electrons. The number of benzene rings is 1. The lowest BCUT2D eigenvalue weighted by Crippen LogP contribution is -2.47. The molecule has 2 amide bonds. The van der Waals surface area contributed by atoms with Gasteiger partial charge in [-0.25, -0.2) is 0 Å². The summed E-state index contributed by atoms with van der Waals surface area (Å²) < 4.78 is 12.8. The van der Waals surface area contributed by atoms with Gasteiger partial charge in [-0.05, 0) is 88.9 Å². The lowest BCUT2D eigenvalue weighted by atomic mass is 9.88. The van der Waals surface area contributed by atoms with Crippen LogP contribution in [0.2, 0.25) is 0 Å². The van der Waals surface area contributed by atoms with E-state index in [2.05, 4.69) is 29.2 Å². The number of carbonyl (C=O) groups excluding carboxylic acids is 2. The molecule has 0 radical (unpaired) electrons. The molecule has 0 bridgehead atoms. The van der Waals surface area contributed by atoms with Gasteiger partial charge in [0.05, 0.1) is 30.4 Å². The number of aromatic nitrogens is 1. The van der Waals surface area contributed by atoms with Crippen LogP contribution >= 0.6 is 0 Å². The zero-order chi connectivity index (χ0) is 31.5. The van der Waals surface area contributed by atoms with Gasteiger partial charge < -0.3 is 24.8 Å². The molecule has 1 aliphatic carbocycles. The Labute approximate surface area is 263 Å². The van der Waals surface area contributed by atoms with Crippen molar-refractivity contribution in [2.24, 2.45) is 11.8 Å². The van der Waals surface area contributed by atoms with Crippen LogP contribution in [0.5, 0.6) is 5.75 Å². The quantitative estimate of drug-likeness (QED) is 0.406. The Morgan fingerprint density at radius 2 is 1.82 bits per heavy atom. The topological polar surface area (TPSA) is 104 Å². The maximum atomic E-state index is 14.3. The molecule has 0 unspecified atom stereocenters. The number of hydrogen-bond donors (Lipinski definition) is 2. The number of amides is 2.